The maximum atomic E-state index is 12.1. The Morgan fingerprint density at radius 3 is 2.65 bits per heavy atom. The van der Waals surface area contributed by atoms with Crippen LogP contribution in [0.15, 0.2) is 24.3 Å². The van der Waals surface area contributed by atoms with E-state index in [1.165, 1.54) is 0 Å². The Kier molecular flexibility index (Phi) is 4.50. The molecule has 0 amide bonds. The normalized spacial score (nSPS) is 12.1. The highest BCUT2D eigenvalue weighted by Gasteiger charge is 2.17. The van der Waals surface area contributed by atoms with E-state index in [2.05, 4.69) is 21.6 Å². The molecule has 1 aromatic carbocycles. The zero-order valence-electron chi connectivity index (χ0n) is 13.2. The van der Waals surface area contributed by atoms with Crippen LogP contribution in [-0.2, 0) is 16.4 Å². The van der Waals surface area contributed by atoms with Gasteiger partial charge in [-0.1, -0.05) is 32.0 Å². The van der Waals surface area contributed by atoms with Gasteiger partial charge in [0.05, 0.1) is 21.0 Å². The number of pyridine rings is 1. The van der Waals surface area contributed by atoms with Crippen LogP contribution in [0.25, 0.3) is 21.1 Å². The first-order chi connectivity index (χ1) is 11.0. The number of thiazole rings is 1. The fourth-order valence-electron chi connectivity index (χ4n) is 2.50. The first-order valence-electron chi connectivity index (χ1n) is 7.72. The maximum Gasteiger partial charge on any atom is 0.233 e. The molecule has 0 fully saturated rings. The van der Waals surface area contributed by atoms with Crippen LogP contribution in [0.5, 0.6) is 0 Å². The van der Waals surface area contributed by atoms with E-state index in [-0.39, 0.29) is 5.75 Å². The van der Waals surface area contributed by atoms with Gasteiger partial charge in [-0.25, -0.2) is 18.4 Å². The second kappa shape index (κ2) is 6.41. The highest BCUT2D eigenvalue weighted by molar-refractivity contribution is 7.92. The first-order valence-corrected chi connectivity index (χ1v) is 10.2. The van der Waals surface area contributed by atoms with E-state index in [0.29, 0.717) is 17.8 Å². The highest BCUT2D eigenvalue weighted by atomic mass is 32.2. The van der Waals surface area contributed by atoms with Crippen molar-refractivity contribution in [2.24, 2.45) is 0 Å². The minimum Gasteiger partial charge on any atom is -0.265 e. The maximum absolute atomic E-state index is 12.1. The molecule has 122 valence electrons. The number of nitrogens with zero attached hydrogens (tertiary/aromatic N) is 2. The Morgan fingerprint density at radius 2 is 1.91 bits per heavy atom. The van der Waals surface area contributed by atoms with E-state index in [4.69, 9.17) is 0 Å². The van der Waals surface area contributed by atoms with Crippen molar-refractivity contribution in [3.05, 3.63) is 29.3 Å². The van der Waals surface area contributed by atoms with E-state index in [0.717, 1.165) is 33.5 Å². The number of fused-ring (bicyclic) bond motifs is 3. The lowest BCUT2D eigenvalue weighted by Crippen LogP contribution is -2.17. The molecule has 3 rings (SSSR count). The molecule has 0 spiro atoms. The Labute approximate surface area is 139 Å². The average molecular weight is 349 g/mol. The molecule has 2 aromatic heterocycles. The van der Waals surface area contributed by atoms with Crippen LogP contribution in [-0.4, -0.2) is 24.1 Å². The zero-order valence-corrected chi connectivity index (χ0v) is 14.8. The van der Waals surface area contributed by atoms with Crippen LogP contribution >= 0.6 is 11.3 Å². The minimum atomic E-state index is -3.40. The van der Waals surface area contributed by atoms with Crippen LogP contribution in [0.4, 0.5) is 5.82 Å². The van der Waals surface area contributed by atoms with Gasteiger partial charge in [-0.3, -0.25) is 4.72 Å². The van der Waals surface area contributed by atoms with Crippen molar-refractivity contribution in [3.8, 4) is 0 Å². The quantitative estimate of drug-likeness (QED) is 0.731. The molecule has 2 heterocycles. The van der Waals surface area contributed by atoms with E-state index < -0.39 is 10.0 Å². The molecule has 5 nitrogen and oxygen atoms in total. The van der Waals surface area contributed by atoms with Crippen molar-refractivity contribution in [2.45, 2.75) is 33.1 Å². The highest BCUT2D eigenvalue weighted by Crippen LogP contribution is 2.34. The second-order valence-corrected chi connectivity index (χ2v) is 8.36. The lowest BCUT2D eigenvalue weighted by atomic mass is 10.2. The van der Waals surface area contributed by atoms with Gasteiger partial charge in [0.1, 0.15) is 5.52 Å². The lowest BCUT2D eigenvalue weighted by molar-refractivity contribution is 0.600. The van der Waals surface area contributed by atoms with Crippen molar-refractivity contribution < 1.29 is 8.42 Å². The van der Waals surface area contributed by atoms with Crippen LogP contribution in [0.1, 0.15) is 31.7 Å². The molecule has 0 aliphatic rings. The van der Waals surface area contributed by atoms with Gasteiger partial charge in [0.2, 0.25) is 10.0 Å². The summed E-state index contributed by atoms with van der Waals surface area (Å²) in [4.78, 5) is 9.12. The van der Waals surface area contributed by atoms with Gasteiger partial charge >= 0.3 is 0 Å². The molecule has 0 atom stereocenters. The molecule has 0 saturated heterocycles. The number of rotatable bonds is 6. The molecule has 3 aromatic rings. The van der Waals surface area contributed by atoms with Crippen molar-refractivity contribution in [1.29, 1.82) is 0 Å². The standard InChI is InChI=1S/C16H19N3O2S2/c1-3-7-13-18-14-15(22-13)11-8-5-6-9-12(11)17-16(14)19-23(20,21)10-4-2/h5-6,8-9H,3-4,7,10H2,1-2H3,(H,17,19). The Hall–Kier alpha value is -1.73. The van der Waals surface area contributed by atoms with Gasteiger partial charge in [-0.05, 0) is 25.3 Å². The van der Waals surface area contributed by atoms with Gasteiger partial charge in [-0.15, -0.1) is 11.3 Å². The molecule has 0 aliphatic carbocycles. The summed E-state index contributed by atoms with van der Waals surface area (Å²) < 4.78 is 27.9. The fraction of sp³-hybridized carbons (Fsp3) is 0.375. The molecule has 0 bridgehead atoms. The number of aromatic nitrogens is 2. The smallest absolute Gasteiger partial charge is 0.233 e. The fourth-order valence-corrected chi connectivity index (χ4v) is 4.78. The SMILES string of the molecule is CCCc1nc2c(NS(=O)(=O)CCC)nc3ccccc3c2s1. The van der Waals surface area contributed by atoms with Crippen molar-refractivity contribution in [1.82, 2.24) is 9.97 Å². The third-order valence-electron chi connectivity index (χ3n) is 3.47. The van der Waals surface area contributed by atoms with Gasteiger partial charge in [0.25, 0.3) is 0 Å². The number of nitrogens with one attached hydrogen (secondary N) is 1. The monoisotopic (exact) mass is 349 g/mol. The average Bonchev–Trinajstić information content (AvgIpc) is 2.92. The number of benzene rings is 1. The summed E-state index contributed by atoms with van der Waals surface area (Å²) in [5, 5.41) is 2.03. The third-order valence-corrected chi connectivity index (χ3v) is 6.06. The largest absolute Gasteiger partial charge is 0.265 e. The lowest BCUT2D eigenvalue weighted by Gasteiger charge is -2.08. The van der Waals surface area contributed by atoms with Gasteiger partial charge in [-0.2, -0.15) is 0 Å². The topological polar surface area (TPSA) is 72.0 Å². The summed E-state index contributed by atoms with van der Waals surface area (Å²) in [6.45, 7) is 3.94. The predicted molar refractivity (Wildman–Crippen MR) is 96.6 cm³/mol. The van der Waals surface area contributed by atoms with Crippen LogP contribution < -0.4 is 4.72 Å². The van der Waals surface area contributed by atoms with Crippen molar-refractivity contribution >= 4 is 48.3 Å². The molecule has 0 saturated carbocycles. The number of hydrogen-bond acceptors (Lipinski definition) is 5. The third kappa shape index (κ3) is 3.30. The van der Waals surface area contributed by atoms with E-state index in [1.54, 1.807) is 11.3 Å². The Morgan fingerprint density at radius 1 is 1.13 bits per heavy atom. The van der Waals surface area contributed by atoms with Crippen LogP contribution in [0.2, 0.25) is 0 Å². The number of hydrogen-bond donors (Lipinski definition) is 1. The number of anilines is 1. The molecular weight excluding hydrogens is 330 g/mol. The van der Waals surface area contributed by atoms with Gasteiger partial charge in [0.15, 0.2) is 5.82 Å². The summed E-state index contributed by atoms with van der Waals surface area (Å²) in [5.41, 5.74) is 1.43. The molecule has 0 aliphatic heterocycles. The molecule has 1 N–H and O–H groups in total. The molecular formula is C16H19N3O2S2. The van der Waals surface area contributed by atoms with E-state index in [1.807, 2.05) is 31.2 Å². The molecule has 0 radical (unpaired) electrons. The van der Waals surface area contributed by atoms with Gasteiger partial charge < -0.3 is 0 Å². The van der Waals surface area contributed by atoms with Crippen molar-refractivity contribution in [2.75, 3.05) is 10.5 Å². The van der Waals surface area contributed by atoms with Crippen LogP contribution in [0.3, 0.4) is 0 Å². The molecule has 7 heteroatoms. The Bertz CT molecular complexity index is 949. The molecule has 0 unspecified atom stereocenters. The number of sulfonamides is 1. The van der Waals surface area contributed by atoms with E-state index >= 15 is 0 Å². The second-order valence-electron chi connectivity index (χ2n) is 5.43. The summed E-state index contributed by atoms with van der Waals surface area (Å²) in [6.07, 6.45) is 2.45. The number of para-hydroxylation sites is 1. The Balaban J connectivity index is 2.22. The molecule has 23 heavy (non-hydrogen) atoms. The first kappa shape index (κ1) is 16.1. The number of aryl methyl sites for hydroxylation is 1. The van der Waals surface area contributed by atoms with Gasteiger partial charge in [0, 0.05) is 5.39 Å². The summed E-state index contributed by atoms with van der Waals surface area (Å²) in [7, 11) is -3.40. The van der Waals surface area contributed by atoms with Crippen LogP contribution in [0, 0.1) is 0 Å². The zero-order chi connectivity index (χ0) is 16.4. The van der Waals surface area contributed by atoms with E-state index in [9.17, 15) is 8.42 Å². The minimum absolute atomic E-state index is 0.0783. The predicted octanol–water partition coefficient (Wildman–Crippen LogP) is 3.95. The summed E-state index contributed by atoms with van der Waals surface area (Å²) in [6, 6.07) is 7.76. The summed E-state index contributed by atoms with van der Waals surface area (Å²) >= 11 is 1.62. The van der Waals surface area contributed by atoms with Crippen molar-refractivity contribution in [3.63, 3.8) is 0 Å². The summed E-state index contributed by atoms with van der Waals surface area (Å²) in [5.74, 6) is 0.417.